The lowest BCUT2D eigenvalue weighted by molar-refractivity contribution is -0.132. The molecule has 3 heteroatoms. The Balaban J connectivity index is 2.51. The van der Waals surface area contributed by atoms with Crippen molar-refractivity contribution in [2.45, 2.75) is 33.2 Å². The number of nitrogens with two attached hydrogens (primary N) is 1. The summed E-state index contributed by atoms with van der Waals surface area (Å²) in [4.78, 5) is 13.7. The molecule has 0 bridgehead atoms. The lowest BCUT2D eigenvalue weighted by Crippen LogP contribution is -2.45. The normalized spacial score (nSPS) is 12.6. The fourth-order valence-corrected chi connectivity index (χ4v) is 1.81. The SMILES string of the molecule is Cc1cccc(CCN(C)C(=O)C(N)C(C)C)c1. The first-order chi connectivity index (χ1) is 8.41. The highest BCUT2D eigenvalue weighted by Gasteiger charge is 2.20. The molecule has 18 heavy (non-hydrogen) atoms. The zero-order chi connectivity index (χ0) is 13.7. The highest BCUT2D eigenvalue weighted by atomic mass is 16.2. The minimum absolute atomic E-state index is 0.0256. The summed E-state index contributed by atoms with van der Waals surface area (Å²) in [5.41, 5.74) is 8.37. The van der Waals surface area contributed by atoms with Crippen LogP contribution in [0.1, 0.15) is 25.0 Å². The molecule has 1 amide bonds. The summed E-state index contributed by atoms with van der Waals surface area (Å²) >= 11 is 0. The maximum atomic E-state index is 12.0. The van der Waals surface area contributed by atoms with Gasteiger partial charge in [0.05, 0.1) is 6.04 Å². The van der Waals surface area contributed by atoms with E-state index in [1.54, 1.807) is 4.90 Å². The summed E-state index contributed by atoms with van der Waals surface area (Å²) in [6.45, 7) is 6.73. The molecule has 0 saturated carbocycles. The van der Waals surface area contributed by atoms with Crippen molar-refractivity contribution < 1.29 is 4.79 Å². The van der Waals surface area contributed by atoms with Gasteiger partial charge in [0.1, 0.15) is 0 Å². The highest BCUT2D eigenvalue weighted by Crippen LogP contribution is 2.07. The molecule has 1 aromatic rings. The lowest BCUT2D eigenvalue weighted by Gasteiger charge is -2.23. The number of aryl methyl sites for hydroxylation is 1. The molecule has 100 valence electrons. The van der Waals surface area contributed by atoms with Crippen molar-refractivity contribution in [1.82, 2.24) is 4.90 Å². The summed E-state index contributed by atoms with van der Waals surface area (Å²) in [5.74, 6) is 0.205. The Kier molecular flexibility index (Phi) is 5.35. The first kappa shape index (κ1) is 14.7. The largest absolute Gasteiger partial charge is 0.344 e. The van der Waals surface area contributed by atoms with E-state index in [9.17, 15) is 4.79 Å². The van der Waals surface area contributed by atoms with Crippen molar-refractivity contribution >= 4 is 5.91 Å². The number of carbonyl (C=O) groups excluding carboxylic acids is 1. The zero-order valence-corrected chi connectivity index (χ0v) is 11.8. The number of hydrogen-bond donors (Lipinski definition) is 1. The quantitative estimate of drug-likeness (QED) is 0.866. The molecule has 0 aliphatic carbocycles. The van der Waals surface area contributed by atoms with Gasteiger partial charge in [-0.05, 0) is 24.8 Å². The standard InChI is InChI=1S/C15H24N2O/c1-11(2)14(16)15(18)17(4)9-8-13-7-5-6-12(3)10-13/h5-7,10-11,14H,8-9,16H2,1-4H3. The van der Waals surface area contributed by atoms with Crippen molar-refractivity contribution in [3.63, 3.8) is 0 Å². The van der Waals surface area contributed by atoms with Crippen LogP contribution in [0.2, 0.25) is 0 Å². The number of benzene rings is 1. The van der Waals surface area contributed by atoms with E-state index in [4.69, 9.17) is 5.73 Å². The van der Waals surface area contributed by atoms with Crippen molar-refractivity contribution in [2.24, 2.45) is 11.7 Å². The van der Waals surface area contributed by atoms with Gasteiger partial charge in [0.25, 0.3) is 0 Å². The molecular weight excluding hydrogens is 224 g/mol. The van der Waals surface area contributed by atoms with Crippen LogP contribution in [0.3, 0.4) is 0 Å². The average molecular weight is 248 g/mol. The summed E-state index contributed by atoms with van der Waals surface area (Å²) in [5, 5.41) is 0. The average Bonchev–Trinajstić information content (AvgIpc) is 2.34. The molecule has 3 nitrogen and oxygen atoms in total. The fraction of sp³-hybridized carbons (Fsp3) is 0.533. The number of nitrogens with zero attached hydrogens (tertiary/aromatic N) is 1. The van der Waals surface area contributed by atoms with Gasteiger partial charge in [0.2, 0.25) is 5.91 Å². The van der Waals surface area contributed by atoms with Crippen LogP contribution in [0.25, 0.3) is 0 Å². The van der Waals surface area contributed by atoms with E-state index in [0.717, 1.165) is 6.42 Å². The second-order valence-corrected chi connectivity index (χ2v) is 5.27. The smallest absolute Gasteiger partial charge is 0.239 e. The number of carbonyl (C=O) groups is 1. The highest BCUT2D eigenvalue weighted by molar-refractivity contribution is 5.81. The number of hydrogen-bond acceptors (Lipinski definition) is 2. The maximum Gasteiger partial charge on any atom is 0.239 e. The summed E-state index contributed by atoms with van der Waals surface area (Å²) in [7, 11) is 1.82. The molecule has 0 radical (unpaired) electrons. The van der Waals surface area contributed by atoms with E-state index < -0.39 is 6.04 Å². The second kappa shape index (κ2) is 6.55. The van der Waals surface area contributed by atoms with E-state index in [0.29, 0.717) is 6.54 Å². The van der Waals surface area contributed by atoms with Gasteiger partial charge in [0.15, 0.2) is 0 Å². The first-order valence-electron chi connectivity index (χ1n) is 6.48. The van der Waals surface area contributed by atoms with E-state index in [2.05, 4.69) is 25.1 Å². The Labute approximate surface area is 110 Å². The Morgan fingerprint density at radius 3 is 2.61 bits per heavy atom. The van der Waals surface area contributed by atoms with E-state index >= 15 is 0 Å². The molecule has 2 N–H and O–H groups in total. The van der Waals surface area contributed by atoms with Gasteiger partial charge in [-0.15, -0.1) is 0 Å². The van der Waals surface area contributed by atoms with Gasteiger partial charge in [-0.3, -0.25) is 4.79 Å². The van der Waals surface area contributed by atoms with Crippen LogP contribution in [0, 0.1) is 12.8 Å². The van der Waals surface area contributed by atoms with Crippen molar-refractivity contribution in [1.29, 1.82) is 0 Å². The van der Waals surface area contributed by atoms with Gasteiger partial charge >= 0.3 is 0 Å². The molecule has 1 aromatic carbocycles. The topological polar surface area (TPSA) is 46.3 Å². The van der Waals surface area contributed by atoms with Crippen molar-refractivity contribution in [2.75, 3.05) is 13.6 Å². The molecule has 1 atom stereocenters. The number of amides is 1. The van der Waals surface area contributed by atoms with E-state index in [-0.39, 0.29) is 11.8 Å². The Morgan fingerprint density at radius 1 is 1.39 bits per heavy atom. The third-order valence-electron chi connectivity index (χ3n) is 3.20. The van der Waals surface area contributed by atoms with Gasteiger partial charge in [0, 0.05) is 13.6 Å². The van der Waals surface area contributed by atoms with Crippen LogP contribution in [-0.4, -0.2) is 30.4 Å². The van der Waals surface area contributed by atoms with Crippen LogP contribution < -0.4 is 5.73 Å². The molecule has 1 rings (SSSR count). The maximum absolute atomic E-state index is 12.0. The molecule has 0 saturated heterocycles. The molecule has 0 aromatic heterocycles. The predicted octanol–water partition coefficient (Wildman–Crippen LogP) is 1.98. The molecule has 0 fully saturated rings. The van der Waals surface area contributed by atoms with Gasteiger partial charge in [-0.25, -0.2) is 0 Å². The van der Waals surface area contributed by atoms with E-state index in [1.807, 2.05) is 27.0 Å². The predicted molar refractivity (Wildman–Crippen MR) is 75.3 cm³/mol. The van der Waals surface area contributed by atoms with Crippen LogP contribution >= 0.6 is 0 Å². The number of likely N-dealkylation sites (N-methyl/N-ethyl adjacent to an activating group) is 1. The fourth-order valence-electron chi connectivity index (χ4n) is 1.81. The van der Waals surface area contributed by atoms with E-state index in [1.165, 1.54) is 11.1 Å². The van der Waals surface area contributed by atoms with Gasteiger partial charge < -0.3 is 10.6 Å². The molecule has 0 aliphatic rings. The van der Waals surface area contributed by atoms with Crippen LogP contribution in [-0.2, 0) is 11.2 Å². The molecular formula is C15H24N2O. The number of rotatable bonds is 5. The zero-order valence-electron chi connectivity index (χ0n) is 11.8. The minimum atomic E-state index is -0.396. The van der Waals surface area contributed by atoms with Gasteiger partial charge in [-0.2, -0.15) is 0 Å². The van der Waals surface area contributed by atoms with Crippen molar-refractivity contribution in [3.8, 4) is 0 Å². The molecule has 0 aliphatic heterocycles. The minimum Gasteiger partial charge on any atom is -0.344 e. The van der Waals surface area contributed by atoms with Crippen LogP contribution in [0.4, 0.5) is 0 Å². The Morgan fingerprint density at radius 2 is 2.06 bits per heavy atom. The van der Waals surface area contributed by atoms with Crippen molar-refractivity contribution in [3.05, 3.63) is 35.4 Å². The summed E-state index contributed by atoms with van der Waals surface area (Å²) in [6, 6.07) is 7.97. The third-order valence-corrected chi connectivity index (χ3v) is 3.20. The molecule has 0 heterocycles. The molecule has 1 unspecified atom stereocenters. The van der Waals surface area contributed by atoms with Crippen LogP contribution in [0.5, 0.6) is 0 Å². The Bertz CT molecular complexity index is 401. The lowest BCUT2D eigenvalue weighted by atomic mass is 10.0. The second-order valence-electron chi connectivity index (χ2n) is 5.27. The first-order valence-corrected chi connectivity index (χ1v) is 6.48. The third kappa shape index (κ3) is 4.15. The Hall–Kier alpha value is -1.35. The van der Waals surface area contributed by atoms with Crippen LogP contribution in [0.15, 0.2) is 24.3 Å². The summed E-state index contributed by atoms with van der Waals surface area (Å²) < 4.78 is 0. The summed E-state index contributed by atoms with van der Waals surface area (Å²) in [6.07, 6.45) is 0.870. The monoisotopic (exact) mass is 248 g/mol. The molecule has 0 spiro atoms. The van der Waals surface area contributed by atoms with Gasteiger partial charge in [-0.1, -0.05) is 43.7 Å².